The second-order valence-corrected chi connectivity index (χ2v) is 8.05. The van der Waals surface area contributed by atoms with Crippen LogP contribution >= 0.6 is 0 Å². The highest BCUT2D eigenvalue weighted by atomic mass is 16.5. The summed E-state index contributed by atoms with van der Waals surface area (Å²) >= 11 is 0. The Kier molecular flexibility index (Phi) is 7.28. The predicted octanol–water partition coefficient (Wildman–Crippen LogP) is 3.57. The number of hydrogen-bond acceptors (Lipinski definition) is 4. The molecular formula is C24H29N3O4. The topological polar surface area (TPSA) is 96.5 Å². The van der Waals surface area contributed by atoms with E-state index in [1.54, 1.807) is 31.2 Å². The molecule has 164 valence electrons. The van der Waals surface area contributed by atoms with Gasteiger partial charge in [0.25, 0.3) is 5.91 Å². The summed E-state index contributed by atoms with van der Waals surface area (Å²) in [6.45, 7) is 5.65. The molecule has 3 rings (SSSR count). The van der Waals surface area contributed by atoms with Crippen molar-refractivity contribution >= 4 is 23.6 Å². The minimum atomic E-state index is -0.929. The third-order valence-corrected chi connectivity index (χ3v) is 5.08. The Morgan fingerprint density at radius 1 is 0.968 bits per heavy atom. The molecule has 0 unspecified atom stereocenters. The Bertz CT molecular complexity index is 954. The molecule has 0 saturated heterocycles. The SMILES string of the molecule is CC(C)NC(=O)NCc1ccc(C(=O)O[C@H](C)C(=O)Nc2ccc3c(c2)CCC3)cc1. The Morgan fingerprint density at radius 2 is 1.68 bits per heavy atom. The summed E-state index contributed by atoms with van der Waals surface area (Å²) in [4.78, 5) is 36.4. The molecule has 0 heterocycles. The summed E-state index contributed by atoms with van der Waals surface area (Å²) in [6, 6.07) is 12.4. The van der Waals surface area contributed by atoms with Gasteiger partial charge in [0.05, 0.1) is 5.56 Å². The molecule has 0 aliphatic heterocycles. The first-order valence-corrected chi connectivity index (χ1v) is 10.6. The molecule has 31 heavy (non-hydrogen) atoms. The van der Waals surface area contributed by atoms with Crippen LogP contribution in [0, 0.1) is 0 Å². The number of carbonyl (C=O) groups excluding carboxylic acids is 3. The maximum absolute atomic E-state index is 12.4. The van der Waals surface area contributed by atoms with Crippen molar-refractivity contribution in [3.05, 3.63) is 64.7 Å². The van der Waals surface area contributed by atoms with E-state index in [4.69, 9.17) is 4.74 Å². The number of esters is 1. The van der Waals surface area contributed by atoms with Crippen LogP contribution in [0.3, 0.4) is 0 Å². The number of rotatable bonds is 7. The van der Waals surface area contributed by atoms with Crippen LogP contribution in [0.15, 0.2) is 42.5 Å². The number of benzene rings is 2. The Labute approximate surface area is 182 Å². The van der Waals surface area contributed by atoms with Crippen molar-refractivity contribution in [2.75, 3.05) is 5.32 Å². The first-order valence-electron chi connectivity index (χ1n) is 10.6. The number of aryl methyl sites for hydroxylation is 2. The first kappa shape index (κ1) is 22.3. The lowest BCUT2D eigenvalue weighted by atomic mass is 10.1. The Hall–Kier alpha value is -3.35. The summed E-state index contributed by atoms with van der Waals surface area (Å²) in [7, 11) is 0. The number of hydrogen-bond donors (Lipinski definition) is 3. The van der Waals surface area contributed by atoms with Crippen molar-refractivity contribution in [2.24, 2.45) is 0 Å². The van der Waals surface area contributed by atoms with Gasteiger partial charge in [-0.15, -0.1) is 0 Å². The zero-order valence-electron chi connectivity index (χ0n) is 18.2. The van der Waals surface area contributed by atoms with Gasteiger partial charge in [0.1, 0.15) is 0 Å². The second-order valence-electron chi connectivity index (χ2n) is 8.05. The number of nitrogens with one attached hydrogen (secondary N) is 3. The molecule has 0 radical (unpaired) electrons. The third kappa shape index (κ3) is 6.31. The quantitative estimate of drug-likeness (QED) is 0.593. The number of fused-ring (bicyclic) bond motifs is 1. The molecule has 1 aliphatic carbocycles. The molecule has 0 aromatic heterocycles. The number of urea groups is 1. The van der Waals surface area contributed by atoms with Gasteiger partial charge in [0.2, 0.25) is 0 Å². The molecule has 0 bridgehead atoms. The summed E-state index contributed by atoms with van der Waals surface area (Å²) < 4.78 is 5.31. The van der Waals surface area contributed by atoms with Gasteiger partial charge < -0.3 is 20.7 Å². The summed E-state index contributed by atoms with van der Waals surface area (Å²) in [5, 5.41) is 8.30. The number of carbonyl (C=O) groups is 3. The van der Waals surface area contributed by atoms with E-state index in [0.29, 0.717) is 17.8 Å². The monoisotopic (exact) mass is 423 g/mol. The van der Waals surface area contributed by atoms with Gasteiger partial charge in [-0.3, -0.25) is 4.79 Å². The highest BCUT2D eigenvalue weighted by Gasteiger charge is 2.20. The normalized spacial score (nSPS) is 13.3. The van der Waals surface area contributed by atoms with Crippen LogP contribution < -0.4 is 16.0 Å². The van der Waals surface area contributed by atoms with Gasteiger partial charge in [-0.1, -0.05) is 18.2 Å². The van der Waals surface area contributed by atoms with Crippen molar-refractivity contribution in [1.29, 1.82) is 0 Å². The van der Waals surface area contributed by atoms with Gasteiger partial charge in [-0.25, -0.2) is 9.59 Å². The van der Waals surface area contributed by atoms with Crippen molar-refractivity contribution in [3.63, 3.8) is 0 Å². The van der Waals surface area contributed by atoms with E-state index >= 15 is 0 Å². The van der Waals surface area contributed by atoms with E-state index < -0.39 is 12.1 Å². The molecule has 2 aromatic rings. The van der Waals surface area contributed by atoms with Gasteiger partial charge >= 0.3 is 12.0 Å². The lowest BCUT2D eigenvalue weighted by Crippen LogP contribution is -2.39. The molecule has 0 saturated carbocycles. The highest BCUT2D eigenvalue weighted by Crippen LogP contribution is 2.25. The van der Waals surface area contributed by atoms with Crippen molar-refractivity contribution in [1.82, 2.24) is 10.6 Å². The molecule has 0 fully saturated rings. The minimum absolute atomic E-state index is 0.0547. The number of amides is 3. The Balaban J connectivity index is 1.49. The fourth-order valence-corrected chi connectivity index (χ4v) is 3.43. The summed E-state index contributed by atoms with van der Waals surface area (Å²) in [5.74, 6) is -0.947. The summed E-state index contributed by atoms with van der Waals surface area (Å²) in [6.07, 6.45) is 2.32. The van der Waals surface area contributed by atoms with Gasteiger partial charge in [0.15, 0.2) is 6.10 Å². The molecule has 7 heteroatoms. The fraction of sp³-hybridized carbons (Fsp3) is 0.375. The third-order valence-electron chi connectivity index (χ3n) is 5.08. The van der Waals surface area contributed by atoms with E-state index in [1.807, 2.05) is 32.0 Å². The minimum Gasteiger partial charge on any atom is -0.449 e. The van der Waals surface area contributed by atoms with E-state index in [9.17, 15) is 14.4 Å². The lowest BCUT2D eigenvalue weighted by Gasteiger charge is -2.14. The molecule has 3 amide bonds. The smallest absolute Gasteiger partial charge is 0.338 e. The molecule has 1 aliphatic rings. The second kappa shape index (κ2) is 10.1. The zero-order chi connectivity index (χ0) is 22.4. The van der Waals surface area contributed by atoms with Crippen LogP contribution in [0.2, 0.25) is 0 Å². The van der Waals surface area contributed by atoms with Crippen molar-refractivity contribution < 1.29 is 19.1 Å². The van der Waals surface area contributed by atoms with Gasteiger partial charge in [-0.05, 0) is 81.0 Å². The van der Waals surface area contributed by atoms with E-state index in [-0.39, 0.29) is 18.0 Å². The van der Waals surface area contributed by atoms with Crippen LogP contribution in [0.4, 0.5) is 10.5 Å². The van der Waals surface area contributed by atoms with E-state index in [2.05, 4.69) is 16.0 Å². The van der Waals surface area contributed by atoms with Crippen LogP contribution in [0.5, 0.6) is 0 Å². The average Bonchev–Trinajstić information content (AvgIpc) is 3.20. The van der Waals surface area contributed by atoms with E-state index in [1.165, 1.54) is 11.1 Å². The number of anilines is 1. The molecule has 1 atom stereocenters. The van der Waals surface area contributed by atoms with Crippen LogP contribution in [-0.2, 0) is 28.9 Å². The van der Waals surface area contributed by atoms with Crippen molar-refractivity contribution in [2.45, 2.75) is 58.7 Å². The maximum Gasteiger partial charge on any atom is 0.338 e. The van der Waals surface area contributed by atoms with Crippen LogP contribution in [-0.4, -0.2) is 30.1 Å². The van der Waals surface area contributed by atoms with Crippen LogP contribution in [0.1, 0.15) is 54.2 Å². The molecular weight excluding hydrogens is 394 g/mol. The molecule has 3 N–H and O–H groups in total. The zero-order valence-corrected chi connectivity index (χ0v) is 18.2. The molecule has 7 nitrogen and oxygen atoms in total. The molecule has 2 aromatic carbocycles. The Morgan fingerprint density at radius 3 is 2.39 bits per heavy atom. The van der Waals surface area contributed by atoms with Gasteiger partial charge in [0, 0.05) is 18.3 Å². The maximum atomic E-state index is 12.4. The lowest BCUT2D eigenvalue weighted by molar-refractivity contribution is -0.123. The first-order chi connectivity index (χ1) is 14.8. The average molecular weight is 424 g/mol. The van der Waals surface area contributed by atoms with Gasteiger partial charge in [-0.2, -0.15) is 0 Å². The van der Waals surface area contributed by atoms with Crippen molar-refractivity contribution in [3.8, 4) is 0 Å². The molecule has 0 spiro atoms. The highest BCUT2D eigenvalue weighted by molar-refractivity contribution is 5.97. The number of ether oxygens (including phenoxy) is 1. The largest absolute Gasteiger partial charge is 0.449 e. The summed E-state index contributed by atoms with van der Waals surface area (Å²) in [5.41, 5.74) is 4.49. The van der Waals surface area contributed by atoms with Crippen LogP contribution in [0.25, 0.3) is 0 Å². The fourth-order valence-electron chi connectivity index (χ4n) is 3.43. The standard InChI is InChI=1S/C24H29N3O4/c1-15(2)26-24(30)25-14-17-7-9-19(10-8-17)23(29)31-16(3)22(28)27-21-12-11-18-5-4-6-20(18)13-21/h7-13,15-16H,4-6,14H2,1-3H3,(H,27,28)(H2,25,26,30)/t16-/m1/s1. The predicted molar refractivity (Wildman–Crippen MR) is 119 cm³/mol. The van der Waals surface area contributed by atoms with E-state index in [0.717, 1.165) is 24.8 Å².